The molecule has 1 aromatic rings. The molecule has 0 aliphatic heterocycles. The Morgan fingerprint density at radius 1 is 1.19 bits per heavy atom. The van der Waals surface area contributed by atoms with Gasteiger partial charge in [0.15, 0.2) is 0 Å². The monoisotopic (exact) mass is 296 g/mol. The molecular formula is C15H24N2O4. The third-order valence-electron chi connectivity index (χ3n) is 2.89. The highest BCUT2D eigenvalue weighted by atomic mass is 16.6. The molecule has 0 radical (unpaired) electrons. The lowest BCUT2D eigenvalue weighted by atomic mass is 9.89. The average Bonchev–Trinajstić information content (AvgIpc) is 2.38. The van der Waals surface area contributed by atoms with Crippen molar-refractivity contribution in [3.8, 4) is 5.75 Å². The summed E-state index contributed by atoms with van der Waals surface area (Å²) in [5.41, 5.74) is 11.1. The molecule has 6 heteroatoms. The van der Waals surface area contributed by atoms with Crippen molar-refractivity contribution >= 4 is 11.8 Å². The maximum absolute atomic E-state index is 10.7. The predicted octanol–water partition coefficient (Wildman–Crippen LogP) is 2.17. The fraction of sp³-hybridized carbons (Fsp3) is 0.533. The van der Waals surface area contributed by atoms with Crippen LogP contribution in [0, 0.1) is 5.41 Å². The van der Waals surface area contributed by atoms with E-state index in [1.807, 2.05) is 20.8 Å². The Balaban J connectivity index is 2.35. The van der Waals surface area contributed by atoms with Crippen LogP contribution in [0.3, 0.4) is 0 Å². The summed E-state index contributed by atoms with van der Waals surface area (Å²) >= 11 is 0. The Labute approximate surface area is 125 Å². The largest absolute Gasteiger partial charge is 0.491 e. The minimum atomic E-state index is -0.800. The van der Waals surface area contributed by atoms with Crippen LogP contribution in [0.2, 0.25) is 0 Å². The van der Waals surface area contributed by atoms with Crippen molar-refractivity contribution in [2.75, 3.05) is 25.6 Å². The van der Waals surface area contributed by atoms with Crippen LogP contribution in [0.15, 0.2) is 24.3 Å². The summed E-state index contributed by atoms with van der Waals surface area (Å²) in [4.78, 5) is 10.7. The minimum Gasteiger partial charge on any atom is -0.491 e. The Bertz CT molecular complexity index is 440. The van der Waals surface area contributed by atoms with Gasteiger partial charge in [0.2, 0.25) is 0 Å². The van der Waals surface area contributed by atoms with Crippen molar-refractivity contribution in [3.05, 3.63) is 24.3 Å². The lowest BCUT2D eigenvalue weighted by Crippen LogP contribution is -2.36. The van der Waals surface area contributed by atoms with Crippen molar-refractivity contribution in [1.29, 1.82) is 0 Å². The molecule has 1 unspecified atom stereocenters. The Hall–Kier alpha value is -1.95. The lowest BCUT2D eigenvalue weighted by molar-refractivity contribution is -0.0588. The predicted molar refractivity (Wildman–Crippen MR) is 81.1 cm³/mol. The number of ether oxygens (including phenoxy) is 3. The van der Waals surface area contributed by atoms with Gasteiger partial charge in [-0.3, -0.25) is 0 Å². The number of benzene rings is 1. The van der Waals surface area contributed by atoms with E-state index in [1.165, 1.54) is 0 Å². The van der Waals surface area contributed by atoms with E-state index in [4.69, 9.17) is 25.7 Å². The number of amides is 1. The fourth-order valence-corrected chi connectivity index (χ4v) is 1.62. The maximum atomic E-state index is 10.7. The molecule has 0 aromatic heterocycles. The number of anilines is 1. The summed E-state index contributed by atoms with van der Waals surface area (Å²) in [6.07, 6.45) is -1.05. The standard InChI is InChI=1S/C15H24N2O4/c1-15(2,3)13(10-21-14(17)18)20-9-8-19-12-6-4-11(16)5-7-12/h4-7,13H,8-10,16H2,1-3H3,(H2,17,18). The first kappa shape index (κ1) is 17.1. The van der Waals surface area contributed by atoms with Gasteiger partial charge in [0.25, 0.3) is 0 Å². The van der Waals surface area contributed by atoms with Crippen molar-refractivity contribution in [2.24, 2.45) is 11.1 Å². The van der Waals surface area contributed by atoms with E-state index >= 15 is 0 Å². The first-order valence-electron chi connectivity index (χ1n) is 6.81. The van der Waals surface area contributed by atoms with Gasteiger partial charge in [-0.2, -0.15) is 0 Å². The average molecular weight is 296 g/mol. The number of hydrogen-bond donors (Lipinski definition) is 2. The molecule has 1 rings (SSSR count). The molecule has 118 valence electrons. The van der Waals surface area contributed by atoms with Gasteiger partial charge < -0.3 is 25.7 Å². The van der Waals surface area contributed by atoms with E-state index in [0.717, 1.165) is 5.75 Å². The minimum absolute atomic E-state index is 0.126. The van der Waals surface area contributed by atoms with Crippen LogP contribution in [0.4, 0.5) is 10.5 Å². The van der Waals surface area contributed by atoms with Gasteiger partial charge in [-0.15, -0.1) is 0 Å². The third kappa shape index (κ3) is 6.85. The molecule has 0 saturated carbocycles. The summed E-state index contributed by atoms with van der Waals surface area (Å²) in [6, 6.07) is 7.14. The van der Waals surface area contributed by atoms with Gasteiger partial charge in [0.1, 0.15) is 19.0 Å². The summed E-state index contributed by atoms with van der Waals surface area (Å²) in [7, 11) is 0. The van der Waals surface area contributed by atoms with Crippen LogP contribution in [0.1, 0.15) is 20.8 Å². The van der Waals surface area contributed by atoms with Crippen LogP contribution in [0.5, 0.6) is 5.75 Å². The zero-order chi connectivity index (χ0) is 15.9. The Morgan fingerprint density at radius 2 is 1.81 bits per heavy atom. The van der Waals surface area contributed by atoms with Crippen molar-refractivity contribution in [3.63, 3.8) is 0 Å². The van der Waals surface area contributed by atoms with Gasteiger partial charge in [-0.05, 0) is 29.7 Å². The van der Waals surface area contributed by atoms with E-state index in [-0.39, 0.29) is 18.1 Å². The number of nitrogens with two attached hydrogens (primary N) is 2. The second kappa shape index (κ2) is 7.73. The highest BCUT2D eigenvalue weighted by Crippen LogP contribution is 2.22. The van der Waals surface area contributed by atoms with Crippen LogP contribution in [-0.2, 0) is 9.47 Å². The van der Waals surface area contributed by atoms with Gasteiger partial charge in [0.05, 0.1) is 12.7 Å². The molecule has 0 aliphatic carbocycles. The number of carbonyl (C=O) groups excluding carboxylic acids is 1. The van der Waals surface area contributed by atoms with Crippen LogP contribution in [0.25, 0.3) is 0 Å². The van der Waals surface area contributed by atoms with Crippen LogP contribution in [-0.4, -0.2) is 32.0 Å². The zero-order valence-corrected chi connectivity index (χ0v) is 12.8. The molecule has 21 heavy (non-hydrogen) atoms. The van der Waals surface area contributed by atoms with E-state index in [2.05, 4.69) is 0 Å². The smallest absolute Gasteiger partial charge is 0.404 e. The molecule has 1 aromatic carbocycles. The second-order valence-corrected chi connectivity index (χ2v) is 5.77. The number of rotatable bonds is 7. The molecule has 0 spiro atoms. The molecule has 0 fully saturated rings. The third-order valence-corrected chi connectivity index (χ3v) is 2.89. The van der Waals surface area contributed by atoms with E-state index in [0.29, 0.717) is 18.9 Å². The summed E-state index contributed by atoms with van der Waals surface area (Å²) in [5, 5.41) is 0. The zero-order valence-electron chi connectivity index (χ0n) is 12.8. The fourth-order valence-electron chi connectivity index (χ4n) is 1.62. The Morgan fingerprint density at radius 3 is 2.33 bits per heavy atom. The van der Waals surface area contributed by atoms with Gasteiger partial charge >= 0.3 is 6.09 Å². The van der Waals surface area contributed by atoms with Crippen LogP contribution >= 0.6 is 0 Å². The van der Waals surface area contributed by atoms with E-state index < -0.39 is 6.09 Å². The number of hydrogen-bond acceptors (Lipinski definition) is 5. The van der Waals surface area contributed by atoms with Crippen LogP contribution < -0.4 is 16.2 Å². The SMILES string of the molecule is CC(C)(C)C(COC(N)=O)OCCOc1ccc(N)cc1. The quantitative estimate of drug-likeness (QED) is 0.593. The highest BCUT2D eigenvalue weighted by Gasteiger charge is 2.26. The van der Waals surface area contributed by atoms with Crippen molar-refractivity contribution in [2.45, 2.75) is 26.9 Å². The second-order valence-electron chi connectivity index (χ2n) is 5.77. The normalized spacial score (nSPS) is 12.7. The molecule has 0 aliphatic rings. The molecule has 4 N–H and O–H groups in total. The lowest BCUT2D eigenvalue weighted by Gasteiger charge is -2.30. The first-order chi connectivity index (χ1) is 9.79. The summed E-state index contributed by atoms with van der Waals surface area (Å²) in [5.74, 6) is 0.730. The van der Waals surface area contributed by atoms with E-state index in [9.17, 15) is 4.79 Å². The van der Waals surface area contributed by atoms with Gasteiger partial charge in [-0.25, -0.2) is 4.79 Å². The number of primary amides is 1. The summed E-state index contributed by atoms with van der Waals surface area (Å²) in [6.45, 7) is 6.91. The Kier molecular flexibility index (Phi) is 6.30. The van der Waals surface area contributed by atoms with Gasteiger partial charge in [-0.1, -0.05) is 20.8 Å². The number of carbonyl (C=O) groups is 1. The first-order valence-corrected chi connectivity index (χ1v) is 6.81. The number of nitrogen functional groups attached to an aromatic ring is 1. The molecule has 1 amide bonds. The van der Waals surface area contributed by atoms with Gasteiger partial charge in [0, 0.05) is 5.69 Å². The molecule has 0 heterocycles. The maximum Gasteiger partial charge on any atom is 0.404 e. The van der Waals surface area contributed by atoms with Crippen molar-refractivity contribution in [1.82, 2.24) is 0 Å². The summed E-state index contributed by atoms with van der Waals surface area (Å²) < 4.78 is 16.1. The molecule has 0 bridgehead atoms. The van der Waals surface area contributed by atoms with Crippen molar-refractivity contribution < 1.29 is 19.0 Å². The molecule has 0 saturated heterocycles. The molecular weight excluding hydrogens is 272 g/mol. The highest BCUT2D eigenvalue weighted by molar-refractivity contribution is 5.64. The molecule has 6 nitrogen and oxygen atoms in total. The molecule has 1 atom stereocenters. The van der Waals surface area contributed by atoms with E-state index in [1.54, 1.807) is 24.3 Å². The topological polar surface area (TPSA) is 96.8 Å².